The number of hydrogen-bond acceptors (Lipinski definition) is 3. The highest BCUT2D eigenvalue weighted by Crippen LogP contribution is 2.29. The Kier molecular flexibility index (Phi) is 5.85. The Morgan fingerprint density at radius 1 is 1.11 bits per heavy atom. The first-order valence-corrected chi connectivity index (χ1v) is 11.0. The van der Waals surface area contributed by atoms with Crippen LogP contribution in [0.5, 0.6) is 0 Å². The molecule has 1 aliphatic rings. The molecule has 2 aromatic carbocycles. The highest BCUT2D eigenvalue weighted by molar-refractivity contribution is 7.92. The minimum atomic E-state index is -3.53. The smallest absolute Gasteiger partial charge is 0.235 e. The number of anilines is 2. The van der Waals surface area contributed by atoms with Gasteiger partial charge in [-0.2, -0.15) is 0 Å². The Morgan fingerprint density at radius 2 is 1.81 bits per heavy atom. The topological polar surface area (TPSA) is 66.5 Å². The Labute approximate surface area is 161 Å². The van der Waals surface area contributed by atoms with Gasteiger partial charge in [0.15, 0.2) is 0 Å². The first kappa shape index (κ1) is 19.4. The Bertz CT molecular complexity index is 905. The molecule has 0 radical (unpaired) electrons. The van der Waals surface area contributed by atoms with Gasteiger partial charge in [0, 0.05) is 18.7 Å². The standard InChI is InChI=1S/C21H26N2O3S/c1-16(2)17-9-11-19(12-10-17)22-21(24)13-15-27(25,26)23-14-5-7-18-6-3-4-8-20(18)23/h3-4,6,8-12,16H,5,7,13-15H2,1-2H3,(H,22,24). The van der Waals surface area contributed by atoms with E-state index >= 15 is 0 Å². The molecule has 3 rings (SSSR count). The number of nitrogens with zero attached hydrogens (tertiary/aromatic N) is 1. The molecule has 0 bridgehead atoms. The molecule has 1 aliphatic heterocycles. The van der Waals surface area contributed by atoms with Crippen molar-refractivity contribution in [2.45, 2.75) is 39.0 Å². The summed E-state index contributed by atoms with van der Waals surface area (Å²) >= 11 is 0. The van der Waals surface area contributed by atoms with Crippen molar-refractivity contribution in [1.29, 1.82) is 0 Å². The van der Waals surface area contributed by atoms with Gasteiger partial charge in [0.05, 0.1) is 11.4 Å². The summed E-state index contributed by atoms with van der Waals surface area (Å²) in [6, 6.07) is 15.2. The van der Waals surface area contributed by atoms with E-state index < -0.39 is 10.0 Å². The average Bonchev–Trinajstić information content (AvgIpc) is 2.66. The summed E-state index contributed by atoms with van der Waals surface area (Å²) < 4.78 is 27.0. The summed E-state index contributed by atoms with van der Waals surface area (Å²) in [4.78, 5) is 12.2. The molecule has 2 aromatic rings. The van der Waals surface area contributed by atoms with Crippen molar-refractivity contribution in [3.05, 3.63) is 59.7 Å². The van der Waals surface area contributed by atoms with Crippen LogP contribution in [0.3, 0.4) is 0 Å². The molecule has 0 atom stereocenters. The minimum Gasteiger partial charge on any atom is -0.326 e. The zero-order valence-corrected chi connectivity index (χ0v) is 16.6. The van der Waals surface area contributed by atoms with Crippen LogP contribution in [0.15, 0.2) is 48.5 Å². The van der Waals surface area contributed by atoms with Crippen molar-refractivity contribution >= 4 is 27.3 Å². The number of nitrogens with one attached hydrogen (secondary N) is 1. The second-order valence-electron chi connectivity index (χ2n) is 7.20. The largest absolute Gasteiger partial charge is 0.326 e. The minimum absolute atomic E-state index is 0.0626. The SMILES string of the molecule is CC(C)c1ccc(NC(=O)CCS(=O)(=O)N2CCCc3ccccc32)cc1. The summed E-state index contributed by atoms with van der Waals surface area (Å²) in [5.41, 5.74) is 3.67. The summed E-state index contributed by atoms with van der Waals surface area (Å²) in [5, 5.41) is 2.78. The third-order valence-corrected chi connectivity index (χ3v) is 6.62. The van der Waals surface area contributed by atoms with E-state index in [0.717, 1.165) is 24.1 Å². The molecule has 0 aromatic heterocycles. The molecular formula is C21H26N2O3S. The van der Waals surface area contributed by atoms with Crippen molar-refractivity contribution in [2.24, 2.45) is 0 Å². The predicted octanol–water partition coefficient (Wildman–Crippen LogP) is 3.92. The fraction of sp³-hybridized carbons (Fsp3) is 0.381. The van der Waals surface area contributed by atoms with Gasteiger partial charge in [-0.15, -0.1) is 0 Å². The van der Waals surface area contributed by atoms with Gasteiger partial charge in [-0.3, -0.25) is 9.10 Å². The zero-order chi connectivity index (χ0) is 19.4. The maximum absolute atomic E-state index is 12.8. The first-order chi connectivity index (χ1) is 12.9. The fourth-order valence-corrected chi connectivity index (χ4v) is 4.84. The number of carbonyl (C=O) groups excluding carboxylic acids is 1. The number of fused-ring (bicyclic) bond motifs is 1. The van der Waals surface area contributed by atoms with Crippen LogP contribution < -0.4 is 9.62 Å². The number of hydrogen-bond donors (Lipinski definition) is 1. The fourth-order valence-electron chi connectivity index (χ4n) is 3.29. The molecule has 1 heterocycles. The first-order valence-electron chi connectivity index (χ1n) is 9.35. The van der Waals surface area contributed by atoms with Crippen molar-refractivity contribution in [3.8, 4) is 0 Å². The van der Waals surface area contributed by atoms with Crippen LogP contribution in [-0.4, -0.2) is 26.6 Å². The Balaban J connectivity index is 1.61. The normalized spacial score (nSPS) is 14.1. The van der Waals surface area contributed by atoms with E-state index in [9.17, 15) is 13.2 Å². The molecule has 144 valence electrons. The molecule has 27 heavy (non-hydrogen) atoms. The average molecular weight is 387 g/mol. The van der Waals surface area contributed by atoms with Crippen LogP contribution in [0.1, 0.15) is 43.7 Å². The lowest BCUT2D eigenvalue weighted by molar-refractivity contribution is -0.115. The van der Waals surface area contributed by atoms with E-state index in [4.69, 9.17) is 0 Å². The molecule has 5 nitrogen and oxygen atoms in total. The second kappa shape index (κ2) is 8.13. The van der Waals surface area contributed by atoms with Gasteiger partial charge in [0.1, 0.15) is 0 Å². The van der Waals surface area contributed by atoms with Crippen molar-refractivity contribution in [3.63, 3.8) is 0 Å². The number of carbonyl (C=O) groups is 1. The van der Waals surface area contributed by atoms with E-state index in [1.807, 2.05) is 48.5 Å². The number of sulfonamides is 1. The van der Waals surface area contributed by atoms with E-state index in [0.29, 0.717) is 18.2 Å². The monoisotopic (exact) mass is 386 g/mol. The van der Waals surface area contributed by atoms with Gasteiger partial charge in [-0.05, 0) is 48.1 Å². The van der Waals surface area contributed by atoms with Crippen LogP contribution in [0.25, 0.3) is 0 Å². The molecule has 0 saturated carbocycles. The lowest BCUT2D eigenvalue weighted by Gasteiger charge is -2.30. The summed E-state index contributed by atoms with van der Waals surface area (Å²) in [6.07, 6.45) is 1.62. The van der Waals surface area contributed by atoms with E-state index in [1.165, 1.54) is 9.87 Å². The third kappa shape index (κ3) is 4.69. The van der Waals surface area contributed by atoms with Gasteiger partial charge in [-0.25, -0.2) is 8.42 Å². The van der Waals surface area contributed by atoms with Gasteiger partial charge in [0.2, 0.25) is 15.9 Å². The quantitative estimate of drug-likeness (QED) is 0.818. The van der Waals surface area contributed by atoms with Gasteiger partial charge in [-0.1, -0.05) is 44.2 Å². The van der Waals surface area contributed by atoms with Gasteiger partial charge >= 0.3 is 0 Å². The number of aryl methyl sites for hydroxylation is 1. The maximum atomic E-state index is 12.8. The summed E-state index contributed by atoms with van der Waals surface area (Å²) in [6.45, 7) is 4.69. The molecule has 6 heteroatoms. The van der Waals surface area contributed by atoms with Gasteiger partial charge in [0.25, 0.3) is 0 Å². The highest BCUT2D eigenvalue weighted by atomic mass is 32.2. The predicted molar refractivity (Wildman–Crippen MR) is 110 cm³/mol. The summed E-state index contributed by atoms with van der Waals surface area (Å²) in [7, 11) is -3.53. The van der Waals surface area contributed by atoms with E-state index in [2.05, 4.69) is 19.2 Å². The van der Waals surface area contributed by atoms with Crippen molar-refractivity contribution in [1.82, 2.24) is 0 Å². The molecule has 0 spiro atoms. The molecular weight excluding hydrogens is 360 g/mol. The van der Waals surface area contributed by atoms with Crippen LogP contribution in [0.4, 0.5) is 11.4 Å². The molecule has 0 unspecified atom stereocenters. The summed E-state index contributed by atoms with van der Waals surface area (Å²) in [5.74, 6) is -0.0643. The zero-order valence-electron chi connectivity index (χ0n) is 15.8. The lowest BCUT2D eigenvalue weighted by Crippen LogP contribution is -2.37. The van der Waals surface area contributed by atoms with Crippen LogP contribution in [0, 0.1) is 0 Å². The Morgan fingerprint density at radius 3 is 2.52 bits per heavy atom. The van der Waals surface area contributed by atoms with Crippen LogP contribution in [-0.2, 0) is 21.2 Å². The van der Waals surface area contributed by atoms with Crippen LogP contribution >= 0.6 is 0 Å². The maximum Gasteiger partial charge on any atom is 0.235 e. The Hall–Kier alpha value is -2.34. The lowest BCUT2D eigenvalue weighted by atomic mass is 10.0. The molecule has 1 N–H and O–H groups in total. The van der Waals surface area contributed by atoms with E-state index in [-0.39, 0.29) is 18.1 Å². The molecule has 0 fully saturated rings. The molecule has 0 saturated heterocycles. The molecule has 1 amide bonds. The number of rotatable bonds is 6. The van der Waals surface area contributed by atoms with E-state index in [1.54, 1.807) is 0 Å². The second-order valence-corrected chi connectivity index (χ2v) is 9.21. The van der Waals surface area contributed by atoms with Crippen LogP contribution in [0.2, 0.25) is 0 Å². The number of benzene rings is 2. The third-order valence-electron chi connectivity index (χ3n) is 4.85. The van der Waals surface area contributed by atoms with Crippen molar-refractivity contribution < 1.29 is 13.2 Å². The number of para-hydroxylation sites is 1. The molecule has 0 aliphatic carbocycles. The van der Waals surface area contributed by atoms with Gasteiger partial charge < -0.3 is 5.32 Å². The highest BCUT2D eigenvalue weighted by Gasteiger charge is 2.27. The van der Waals surface area contributed by atoms with Crippen molar-refractivity contribution in [2.75, 3.05) is 21.9 Å². The number of amides is 1.